The Labute approximate surface area is 114 Å². The van der Waals surface area contributed by atoms with E-state index in [9.17, 15) is 0 Å². The van der Waals surface area contributed by atoms with E-state index in [2.05, 4.69) is 22.0 Å². The molecule has 0 spiro atoms. The predicted molar refractivity (Wildman–Crippen MR) is 75.4 cm³/mol. The molecule has 1 unspecified atom stereocenters. The first-order valence-electron chi connectivity index (χ1n) is 5.38. The summed E-state index contributed by atoms with van der Waals surface area (Å²) in [6.07, 6.45) is 0. The maximum Gasteiger partial charge on any atom is 0.124 e. The zero-order valence-corrected chi connectivity index (χ0v) is 11.9. The van der Waals surface area contributed by atoms with Crippen LogP contribution in [0.25, 0.3) is 0 Å². The van der Waals surface area contributed by atoms with Crippen LogP contribution in [0.15, 0.2) is 40.2 Å². The number of thiophene rings is 1. The van der Waals surface area contributed by atoms with Gasteiger partial charge in [-0.05, 0) is 41.1 Å². The first-order valence-corrected chi connectivity index (χ1v) is 6.99. The lowest BCUT2D eigenvalue weighted by Crippen LogP contribution is -2.07. The highest BCUT2D eigenvalue weighted by Crippen LogP contribution is 2.26. The van der Waals surface area contributed by atoms with Gasteiger partial charge in [-0.25, -0.2) is 0 Å². The minimum atomic E-state index is -0.0127. The van der Waals surface area contributed by atoms with Gasteiger partial charge in [0.05, 0.1) is 3.79 Å². The third-order valence-corrected chi connectivity index (χ3v) is 4.01. The topological polar surface area (TPSA) is 35.2 Å². The van der Waals surface area contributed by atoms with E-state index in [1.54, 1.807) is 11.3 Å². The van der Waals surface area contributed by atoms with Crippen LogP contribution in [0.3, 0.4) is 0 Å². The lowest BCUT2D eigenvalue weighted by atomic mass is 10.1. The van der Waals surface area contributed by atoms with Crippen LogP contribution in [0.2, 0.25) is 0 Å². The molecule has 0 fully saturated rings. The summed E-state index contributed by atoms with van der Waals surface area (Å²) in [4.78, 5) is 1.19. The SMILES string of the molecule is CC(N)c1ccccc1OCc1ccc(Br)s1. The lowest BCUT2D eigenvalue weighted by molar-refractivity contribution is 0.305. The van der Waals surface area contributed by atoms with Gasteiger partial charge in [0.25, 0.3) is 0 Å². The Kier molecular flexibility index (Phi) is 4.20. The molecule has 1 aromatic carbocycles. The molecule has 17 heavy (non-hydrogen) atoms. The highest BCUT2D eigenvalue weighted by atomic mass is 79.9. The van der Waals surface area contributed by atoms with Gasteiger partial charge in [0.15, 0.2) is 0 Å². The highest BCUT2D eigenvalue weighted by Gasteiger charge is 2.07. The summed E-state index contributed by atoms with van der Waals surface area (Å²) in [6.45, 7) is 2.55. The molecule has 90 valence electrons. The average Bonchev–Trinajstić information content (AvgIpc) is 2.73. The van der Waals surface area contributed by atoms with E-state index in [0.29, 0.717) is 6.61 Å². The Hall–Kier alpha value is -0.840. The van der Waals surface area contributed by atoms with Crippen molar-refractivity contribution >= 4 is 27.3 Å². The van der Waals surface area contributed by atoms with E-state index in [1.165, 1.54) is 4.88 Å². The molecule has 1 heterocycles. The maximum absolute atomic E-state index is 5.90. The average molecular weight is 312 g/mol. The number of ether oxygens (including phenoxy) is 1. The molecule has 0 aliphatic rings. The van der Waals surface area contributed by atoms with E-state index < -0.39 is 0 Å². The van der Waals surface area contributed by atoms with Crippen LogP contribution in [0.5, 0.6) is 5.75 Å². The smallest absolute Gasteiger partial charge is 0.124 e. The Morgan fingerprint density at radius 1 is 1.29 bits per heavy atom. The molecule has 2 N–H and O–H groups in total. The molecule has 1 aromatic heterocycles. The largest absolute Gasteiger partial charge is 0.488 e. The molecule has 0 bridgehead atoms. The van der Waals surface area contributed by atoms with Crippen LogP contribution < -0.4 is 10.5 Å². The molecular weight excluding hydrogens is 298 g/mol. The zero-order chi connectivity index (χ0) is 12.3. The molecule has 0 radical (unpaired) electrons. The van der Waals surface area contributed by atoms with Gasteiger partial charge in [0.2, 0.25) is 0 Å². The van der Waals surface area contributed by atoms with E-state index in [4.69, 9.17) is 10.5 Å². The molecule has 2 aromatic rings. The fourth-order valence-corrected chi connectivity index (χ4v) is 2.96. The summed E-state index contributed by atoms with van der Waals surface area (Å²) in [5.74, 6) is 0.868. The first-order chi connectivity index (χ1) is 8.16. The molecular formula is C13H14BrNOS. The molecule has 0 amide bonds. The van der Waals surface area contributed by atoms with Crippen molar-refractivity contribution in [2.45, 2.75) is 19.6 Å². The van der Waals surface area contributed by atoms with Gasteiger partial charge in [-0.2, -0.15) is 0 Å². The summed E-state index contributed by atoms with van der Waals surface area (Å²) in [7, 11) is 0. The third kappa shape index (κ3) is 3.31. The minimum absolute atomic E-state index is 0.0127. The lowest BCUT2D eigenvalue weighted by Gasteiger charge is -2.13. The van der Waals surface area contributed by atoms with Crippen LogP contribution in [0, 0.1) is 0 Å². The standard InChI is InChI=1S/C13H14BrNOS/c1-9(15)11-4-2-3-5-12(11)16-8-10-6-7-13(14)17-10/h2-7,9H,8,15H2,1H3. The van der Waals surface area contributed by atoms with Crippen molar-refractivity contribution in [1.82, 2.24) is 0 Å². The molecule has 1 atom stereocenters. The normalized spacial score (nSPS) is 12.4. The number of para-hydroxylation sites is 1. The van der Waals surface area contributed by atoms with Crippen LogP contribution in [-0.4, -0.2) is 0 Å². The van der Waals surface area contributed by atoms with E-state index in [1.807, 2.05) is 37.3 Å². The molecule has 2 rings (SSSR count). The molecule has 2 nitrogen and oxygen atoms in total. The zero-order valence-electron chi connectivity index (χ0n) is 9.52. The van der Waals surface area contributed by atoms with Crippen LogP contribution in [-0.2, 0) is 6.61 Å². The van der Waals surface area contributed by atoms with Crippen molar-refractivity contribution in [3.8, 4) is 5.75 Å². The van der Waals surface area contributed by atoms with Crippen molar-refractivity contribution in [3.05, 3.63) is 50.6 Å². The summed E-state index contributed by atoms with van der Waals surface area (Å²) in [5.41, 5.74) is 6.95. The quantitative estimate of drug-likeness (QED) is 0.922. The van der Waals surface area contributed by atoms with Crippen molar-refractivity contribution in [3.63, 3.8) is 0 Å². The van der Waals surface area contributed by atoms with E-state index >= 15 is 0 Å². The molecule has 0 aliphatic carbocycles. The Morgan fingerprint density at radius 2 is 2.06 bits per heavy atom. The number of hydrogen-bond acceptors (Lipinski definition) is 3. The van der Waals surface area contributed by atoms with Gasteiger partial charge >= 0.3 is 0 Å². The van der Waals surface area contributed by atoms with Crippen LogP contribution in [0.1, 0.15) is 23.4 Å². The Balaban J connectivity index is 2.08. The first kappa shape index (κ1) is 12.6. The number of benzene rings is 1. The molecule has 4 heteroatoms. The van der Waals surface area contributed by atoms with Gasteiger partial charge < -0.3 is 10.5 Å². The van der Waals surface area contributed by atoms with Crippen LogP contribution >= 0.6 is 27.3 Å². The van der Waals surface area contributed by atoms with Gasteiger partial charge in [-0.1, -0.05) is 18.2 Å². The van der Waals surface area contributed by atoms with Gasteiger partial charge in [0.1, 0.15) is 12.4 Å². The second kappa shape index (κ2) is 5.67. The monoisotopic (exact) mass is 311 g/mol. The number of rotatable bonds is 4. The second-order valence-corrected chi connectivity index (χ2v) is 6.37. The second-order valence-electron chi connectivity index (χ2n) is 3.82. The third-order valence-electron chi connectivity index (χ3n) is 2.41. The minimum Gasteiger partial charge on any atom is -0.488 e. The van der Waals surface area contributed by atoms with Crippen LogP contribution in [0.4, 0.5) is 0 Å². The van der Waals surface area contributed by atoms with E-state index in [0.717, 1.165) is 15.1 Å². The number of halogens is 1. The Bertz CT molecular complexity index is 496. The van der Waals surface area contributed by atoms with E-state index in [-0.39, 0.29) is 6.04 Å². The molecule has 0 aliphatic heterocycles. The number of nitrogens with two attached hydrogens (primary N) is 1. The molecule has 0 saturated heterocycles. The van der Waals surface area contributed by atoms with Crippen molar-refractivity contribution in [2.75, 3.05) is 0 Å². The van der Waals surface area contributed by atoms with Gasteiger partial charge in [0, 0.05) is 16.5 Å². The maximum atomic E-state index is 5.90. The predicted octanol–water partition coefficient (Wildman–Crippen LogP) is 4.11. The molecule has 0 saturated carbocycles. The Morgan fingerprint density at radius 3 is 2.71 bits per heavy atom. The summed E-state index contributed by atoms with van der Waals surface area (Å²) in [5, 5.41) is 0. The fraction of sp³-hybridized carbons (Fsp3) is 0.231. The van der Waals surface area contributed by atoms with Crippen molar-refractivity contribution in [2.24, 2.45) is 5.73 Å². The van der Waals surface area contributed by atoms with Gasteiger partial charge in [-0.3, -0.25) is 0 Å². The van der Waals surface area contributed by atoms with Gasteiger partial charge in [-0.15, -0.1) is 11.3 Å². The highest BCUT2D eigenvalue weighted by molar-refractivity contribution is 9.11. The summed E-state index contributed by atoms with van der Waals surface area (Å²) in [6, 6.07) is 12.0. The summed E-state index contributed by atoms with van der Waals surface area (Å²) < 4.78 is 6.93. The van der Waals surface area contributed by atoms with Crippen molar-refractivity contribution in [1.29, 1.82) is 0 Å². The fourth-order valence-electron chi connectivity index (χ4n) is 1.57. The van der Waals surface area contributed by atoms with Crippen molar-refractivity contribution < 1.29 is 4.74 Å². The summed E-state index contributed by atoms with van der Waals surface area (Å²) >= 11 is 5.12. The number of hydrogen-bond donors (Lipinski definition) is 1.